The molecule has 0 aliphatic carbocycles. The Balaban J connectivity index is 2.49. The highest BCUT2D eigenvalue weighted by atomic mass is 32.1. The summed E-state index contributed by atoms with van der Waals surface area (Å²) in [6, 6.07) is 8.59. The Morgan fingerprint density at radius 2 is 2.13 bits per heavy atom. The van der Waals surface area contributed by atoms with Gasteiger partial charge in [0.05, 0.1) is 0 Å². The van der Waals surface area contributed by atoms with Crippen molar-refractivity contribution < 1.29 is 0 Å². The van der Waals surface area contributed by atoms with Crippen molar-refractivity contribution in [3.05, 3.63) is 40.8 Å². The van der Waals surface area contributed by atoms with Gasteiger partial charge in [-0.05, 0) is 36.2 Å². The van der Waals surface area contributed by atoms with E-state index in [4.69, 9.17) is 5.73 Å². The molecule has 0 aliphatic rings. The van der Waals surface area contributed by atoms with Crippen molar-refractivity contribution in [2.45, 2.75) is 19.9 Å². The fourth-order valence-corrected chi connectivity index (χ4v) is 2.41. The van der Waals surface area contributed by atoms with Crippen LogP contribution in [0.4, 0.5) is 0 Å². The minimum absolute atomic E-state index is 0.128. The van der Waals surface area contributed by atoms with Crippen LogP contribution in [0.5, 0.6) is 0 Å². The molecule has 0 aliphatic heterocycles. The molecule has 1 aromatic carbocycles. The van der Waals surface area contributed by atoms with E-state index >= 15 is 0 Å². The molecule has 2 rings (SSSR count). The molecule has 15 heavy (non-hydrogen) atoms. The van der Waals surface area contributed by atoms with Gasteiger partial charge in [-0.15, -0.1) is 11.3 Å². The Hall–Kier alpha value is -1.12. The van der Waals surface area contributed by atoms with Gasteiger partial charge in [-0.25, -0.2) is 0 Å². The van der Waals surface area contributed by atoms with E-state index in [-0.39, 0.29) is 6.04 Å². The van der Waals surface area contributed by atoms with E-state index in [2.05, 4.69) is 42.6 Å². The Bertz CT molecular complexity index is 494. The van der Waals surface area contributed by atoms with Gasteiger partial charge in [-0.3, -0.25) is 0 Å². The summed E-state index contributed by atoms with van der Waals surface area (Å²) in [5.74, 6) is 0. The first kappa shape index (κ1) is 10.4. The van der Waals surface area contributed by atoms with Crippen LogP contribution < -0.4 is 5.73 Å². The van der Waals surface area contributed by atoms with Gasteiger partial charge >= 0.3 is 0 Å². The van der Waals surface area contributed by atoms with Crippen LogP contribution in [0, 0.1) is 0 Å². The van der Waals surface area contributed by atoms with Crippen molar-refractivity contribution in [3.8, 4) is 0 Å². The van der Waals surface area contributed by atoms with Crippen LogP contribution in [-0.4, -0.2) is 6.04 Å². The molecule has 0 saturated carbocycles. The van der Waals surface area contributed by atoms with E-state index in [1.807, 2.05) is 6.92 Å². The second-order valence-corrected chi connectivity index (χ2v) is 4.78. The number of nitrogens with two attached hydrogens (primary N) is 1. The maximum atomic E-state index is 5.83. The molecule has 2 N–H and O–H groups in total. The van der Waals surface area contributed by atoms with Gasteiger partial charge in [-0.1, -0.05) is 29.8 Å². The van der Waals surface area contributed by atoms with Gasteiger partial charge in [0.25, 0.3) is 0 Å². The highest BCUT2D eigenvalue weighted by molar-refractivity contribution is 7.17. The van der Waals surface area contributed by atoms with Gasteiger partial charge < -0.3 is 5.73 Å². The molecule has 1 heterocycles. The molecule has 0 amide bonds. The van der Waals surface area contributed by atoms with Crippen LogP contribution in [0.3, 0.4) is 0 Å². The zero-order chi connectivity index (χ0) is 10.8. The van der Waals surface area contributed by atoms with Crippen LogP contribution in [0.1, 0.15) is 19.4 Å². The van der Waals surface area contributed by atoms with Crippen molar-refractivity contribution in [1.82, 2.24) is 0 Å². The second-order valence-electron chi connectivity index (χ2n) is 3.86. The van der Waals surface area contributed by atoms with Gasteiger partial charge in [0.2, 0.25) is 0 Å². The Labute approximate surface area is 94.2 Å². The lowest BCUT2D eigenvalue weighted by Gasteiger charge is -2.04. The molecule has 0 radical (unpaired) electrons. The summed E-state index contributed by atoms with van der Waals surface area (Å²) in [5.41, 5.74) is 8.34. The molecule has 1 atom stereocenters. The molecule has 2 aromatic rings. The minimum Gasteiger partial charge on any atom is -0.324 e. The smallest absolute Gasteiger partial charge is 0.0348 e. The van der Waals surface area contributed by atoms with Gasteiger partial charge in [0.1, 0.15) is 0 Å². The van der Waals surface area contributed by atoms with Crippen molar-refractivity contribution in [2.24, 2.45) is 5.73 Å². The van der Waals surface area contributed by atoms with E-state index in [0.717, 1.165) is 0 Å². The zero-order valence-corrected chi connectivity index (χ0v) is 9.84. The fraction of sp³-hybridized carbons (Fsp3) is 0.231. The Kier molecular flexibility index (Phi) is 2.89. The van der Waals surface area contributed by atoms with E-state index in [1.165, 1.54) is 21.2 Å². The summed E-state index contributed by atoms with van der Waals surface area (Å²) in [6.45, 7) is 4.09. The monoisotopic (exact) mass is 217 g/mol. The zero-order valence-electron chi connectivity index (χ0n) is 9.03. The SMILES string of the molecule is C/C(=C\c1csc2ccccc12)C(C)N. The number of hydrogen-bond donors (Lipinski definition) is 1. The third kappa shape index (κ3) is 2.11. The molecule has 0 fully saturated rings. The maximum absolute atomic E-state index is 5.83. The molecule has 0 bridgehead atoms. The lowest BCUT2D eigenvalue weighted by atomic mass is 10.1. The van der Waals surface area contributed by atoms with Crippen LogP contribution in [0.15, 0.2) is 35.2 Å². The van der Waals surface area contributed by atoms with Crippen molar-refractivity contribution >= 4 is 27.5 Å². The Morgan fingerprint density at radius 1 is 1.40 bits per heavy atom. The quantitative estimate of drug-likeness (QED) is 0.816. The third-order valence-corrected chi connectivity index (χ3v) is 3.59. The number of rotatable bonds is 2. The number of hydrogen-bond acceptors (Lipinski definition) is 2. The molecule has 1 unspecified atom stereocenters. The first-order chi connectivity index (χ1) is 7.18. The summed E-state index contributed by atoms with van der Waals surface area (Å²) in [7, 11) is 0. The molecular weight excluding hydrogens is 202 g/mol. The third-order valence-electron chi connectivity index (χ3n) is 2.61. The van der Waals surface area contributed by atoms with Crippen molar-refractivity contribution in [3.63, 3.8) is 0 Å². The second kappa shape index (κ2) is 4.17. The van der Waals surface area contributed by atoms with Gasteiger partial charge in [-0.2, -0.15) is 0 Å². The first-order valence-corrected chi connectivity index (χ1v) is 5.96. The summed E-state index contributed by atoms with van der Waals surface area (Å²) in [4.78, 5) is 0. The predicted octanol–water partition coefficient (Wildman–Crippen LogP) is 3.65. The maximum Gasteiger partial charge on any atom is 0.0348 e. The highest BCUT2D eigenvalue weighted by Gasteiger charge is 2.02. The predicted molar refractivity (Wildman–Crippen MR) is 69.1 cm³/mol. The van der Waals surface area contributed by atoms with E-state index < -0.39 is 0 Å². The lowest BCUT2D eigenvalue weighted by molar-refractivity contribution is 0.868. The summed E-state index contributed by atoms with van der Waals surface area (Å²) in [5, 5.41) is 3.51. The van der Waals surface area contributed by atoms with Crippen LogP contribution in [0.2, 0.25) is 0 Å². The standard InChI is InChI=1S/C13H15NS/c1-9(10(2)14)7-11-8-15-13-6-4-3-5-12(11)13/h3-8,10H,14H2,1-2H3/b9-7+. The highest BCUT2D eigenvalue weighted by Crippen LogP contribution is 2.27. The van der Waals surface area contributed by atoms with Crippen molar-refractivity contribution in [1.29, 1.82) is 0 Å². The average Bonchev–Trinajstić information content (AvgIpc) is 2.62. The topological polar surface area (TPSA) is 26.0 Å². The first-order valence-electron chi connectivity index (χ1n) is 5.08. The molecule has 0 spiro atoms. The van der Waals surface area contributed by atoms with Gasteiger partial charge in [0, 0.05) is 10.7 Å². The molecule has 78 valence electrons. The Morgan fingerprint density at radius 3 is 2.87 bits per heavy atom. The van der Waals surface area contributed by atoms with E-state index in [9.17, 15) is 0 Å². The van der Waals surface area contributed by atoms with Crippen molar-refractivity contribution in [2.75, 3.05) is 0 Å². The molecule has 0 saturated heterocycles. The number of benzene rings is 1. The average molecular weight is 217 g/mol. The van der Waals surface area contributed by atoms with Gasteiger partial charge in [0.15, 0.2) is 0 Å². The molecular formula is C13H15NS. The van der Waals surface area contributed by atoms with Crippen LogP contribution in [0.25, 0.3) is 16.2 Å². The number of fused-ring (bicyclic) bond motifs is 1. The fourth-order valence-electron chi connectivity index (χ4n) is 1.49. The minimum atomic E-state index is 0.128. The summed E-state index contributed by atoms with van der Waals surface area (Å²) in [6.07, 6.45) is 2.18. The van der Waals surface area contributed by atoms with E-state index in [1.54, 1.807) is 11.3 Å². The molecule has 1 aromatic heterocycles. The lowest BCUT2D eigenvalue weighted by Crippen LogP contribution is -2.15. The summed E-state index contributed by atoms with van der Waals surface area (Å²) < 4.78 is 1.33. The largest absolute Gasteiger partial charge is 0.324 e. The number of thiophene rings is 1. The normalized spacial score (nSPS) is 14.5. The van der Waals surface area contributed by atoms with E-state index in [0.29, 0.717) is 0 Å². The van der Waals surface area contributed by atoms with Crippen LogP contribution in [-0.2, 0) is 0 Å². The summed E-state index contributed by atoms with van der Waals surface area (Å²) >= 11 is 1.78. The molecule has 2 heteroatoms. The molecule has 1 nitrogen and oxygen atoms in total. The van der Waals surface area contributed by atoms with Crippen LogP contribution >= 0.6 is 11.3 Å².